The molecule has 3 aromatic rings. The second kappa shape index (κ2) is 7.87. The first-order chi connectivity index (χ1) is 14.0. The first-order valence-corrected chi connectivity index (χ1v) is 9.48. The maximum absolute atomic E-state index is 12.7. The zero-order valence-electron chi connectivity index (χ0n) is 16.3. The molecule has 0 fully saturated rings. The minimum atomic E-state index is -0.856. The van der Waals surface area contributed by atoms with Crippen LogP contribution in [0.15, 0.2) is 53.1 Å². The van der Waals surface area contributed by atoms with E-state index in [1.807, 2.05) is 18.2 Å². The molecule has 0 bridgehead atoms. The molecule has 0 saturated heterocycles. The smallest absolute Gasteiger partial charge is 0.338 e. The predicted octanol–water partition coefficient (Wildman–Crippen LogP) is 3.18. The van der Waals surface area contributed by atoms with Gasteiger partial charge in [0, 0.05) is 18.7 Å². The Balaban J connectivity index is 1.38. The van der Waals surface area contributed by atoms with E-state index in [-0.39, 0.29) is 5.91 Å². The molecule has 148 valence electrons. The van der Waals surface area contributed by atoms with Gasteiger partial charge in [-0.1, -0.05) is 29.4 Å². The number of benzene rings is 2. The third-order valence-corrected chi connectivity index (χ3v) is 4.97. The van der Waals surface area contributed by atoms with Crippen molar-refractivity contribution in [2.45, 2.75) is 32.9 Å². The molecule has 1 aliphatic rings. The average Bonchev–Trinajstić information content (AvgIpc) is 3.19. The Bertz CT molecular complexity index is 1040. The van der Waals surface area contributed by atoms with Gasteiger partial charge in [-0.05, 0) is 55.7 Å². The molecule has 0 spiro atoms. The van der Waals surface area contributed by atoms with Crippen molar-refractivity contribution in [3.8, 4) is 11.5 Å². The summed E-state index contributed by atoms with van der Waals surface area (Å²) in [6.45, 7) is 4.50. The highest BCUT2D eigenvalue weighted by molar-refractivity contribution is 5.92. The normalized spacial score (nSPS) is 14.2. The van der Waals surface area contributed by atoms with Gasteiger partial charge < -0.3 is 14.2 Å². The van der Waals surface area contributed by atoms with E-state index < -0.39 is 12.1 Å². The summed E-state index contributed by atoms with van der Waals surface area (Å²) in [6.07, 6.45) is -0.0508. The zero-order chi connectivity index (χ0) is 20.4. The second-order valence-electron chi connectivity index (χ2n) is 7.05. The van der Waals surface area contributed by atoms with Gasteiger partial charge in [-0.2, -0.15) is 4.98 Å². The number of hydrogen-bond donors (Lipinski definition) is 0. The number of aryl methyl sites for hydroxylation is 1. The van der Waals surface area contributed by atoms with Crippen LogP contribution >= 0.6 is 0 Å². The molecule has 0 saturated carbocycles. The third kappa shape index (κ3) is 4.03. The minimum Gasteiger partial charge on any atom is -0.449 e. The number of nitrogens with zero attached hydrogens (tertiary/aromatic N) is 3. The van der Waals surface area contributed by atoms with Crippen molar-refractivity contribution in [3.05, 3.63) is 71.0 Å². The van der Waals surface area contributed by atoms with E-state index in [1.54, 1.807) is 43.0 Å². The fourth-order valence-corrected chi connectivity index (χ4v) is 3.38. The molecular formula is C22H21N3O4. The van der Waals surface area contributed by atoms with Crippen molar-refractivity contribution in [2.24, 2.45) is 0 Å². The Kier molecular flexibility index (Phi) is 5.12. The largest absolute Gasteiger partial charge is 0.449 e. The number of aromatic nitrogens is 2. The standard InChI is InChI=1S/C22H21N3O4/c1-14(21(26)25-12-11-16-5-3-4-6-19(16)13-25)28-22(27)18-9-7-17(8-10-18)20-23-15(2)24-29-20/h3-10,14H,11-13H2,1-2H3. The number of rotatable bonds is 4. The Morgan fingerprint density at radius 3 is 2.52 bits per heavy atom. The van der Waals surface area contributed by atoms with Crippen LogP contribution < -0.4 is 0 Å². The van der Waals surface area contributed by atoms with Crippen LogP contribution in [0.4, 0.5) is 0 Å². The molecule has 29 heavy (non-hydrogen) atoms. The molecule has 2 heterocycles. The topological polar surface area (TPSA) is 85.5 Å². The summed E-state index contributed by atoms with van der Waals surface area (Å²) in [5.41, 5.74) is 3.46. The van der Waals surface area contributed by atoms with Crippen molar-refractivity contribution in [1.82, 2.24) is 15.0 Å². The second-order valence-corrected chi connectivity index (χ2v) is 7.05. The number of amides is 1. The number of esters is 1. The molecule has 1 atom stereocenters. The van der Waals surface area contributed by atoms with E-state index in [0.29, 0.717) is 35.9 Å². The highest BCUT2D eigenvalue weighted by atomic mass is 16.5. The van der Waals surface area contributed by atoms with Gasteiger partial charge in [-0.25, -0.2) is 4.79 Å². The van der Waals surface area contributed by atoms with Gasteiger partial charge in [0.25, 0.3) is 11.8 Å². The average molecular weight is 391 g/mol. The van der Waals surface area contributed by atoms with Gasteiger partial charge in [0.05, 0.1) is 5.56 Å². The summed E-state index contributed by atoms with van der Waals surface area (Å²) in [5, 5.41) is 3.75. The molecule has 4 rings (SSSR count). The summed E-state index contributed by atoms with van der Waals surface area (Å²) < 4.78 is 10.5. The van der Waals surface area contributed by atoms with E-state index in [0.717, 1.165) is 12.0 Å². The quantitative estimate of drug-likeness (QED) is 0.635. The summed E-state index contributed by atoms with van der Waals surface area (Å²) >= 11 is 0. The zero-order valence-corrected chi connectivity index (χ0v) is 16.3. The number of ether oxygens (including phenoxy) is 1. The molecule has 7 heteroatoms. The van der Waals surface area contributed by atoms with Gasteiger partial charge >= 0.3 is 5.97 Å². The molecule has 2 aromatic carbocycles. The summed E-state index contributed by atoms with van der Waals surface area (Å²) in [5.74, 6) is 0.190. The number of fused-ring (bicyclic) bond motifs is 1. The molecule has 7 nitrogen and oxygen atoms in total. The van der Waals surface area contributed by atoms with E-state index in [9.17, 15) is 9.59 Å². The maximum Gasteiger partial charge on any atom is 0.338 e. The van der Waals surface area contributed by atoms with Crippen LogP contribution in [0.3, 0.4) is 0 Å². The molecule has 0 radical (unpaired) electrons. The summed E-state index contributed by atoms with van der Waals surface area (Å²) in [4.78, 5) is 31.1. The molecule has 0 aliphatic carbocycles. The van der Waals surface area contributed by atoms with Crippen LogP contribution in [-0.2, 0) is 22.5 Å². The van der Waals surface area contributed by atoms with E-state index in [4.69, 9.17) is 9.26 Å². The summed E-state index contributed by atoms with van der Waals surface area (Å²) in [7, 11) is 0. The monoisotopic (exact) mass is 391 g/mol. The molecule has 1 aromatic heterocycles. The Hall–Kier alpha value is -3.48. The van der Waals surface area contributed by atoms with E-state index in [2.05, 4.69) is 16.2 Å². The fraction of sp³-hybridized carbons (Fsp3) is 0.273. The fourth-order valence-electron chi connectivity index (χ4n) is 3.38. The highest BCUT2D eigenvalue weighted by Gasteiger charge is 2.27. The van der Waals surface area contributed by atoms with Crippen molar-refractivity contribution < 1.29 is 18.8 Å². The van der Waals surface area contributed by atoms with Crippen molar-refractivity contribution in [2.75, 3.05) is 6.54 Å². The first kappa shape index (κ1) is 18.9. The SMILES string of the molecule is Cc1noc(-c2ccc(C(=O)OC(C)C(=O)N3CCc4ccccc4C3)cc2)n1. The maximum atomic E-state index is 12.7. The Morgan fingerprint density at radius 1 is 1.10 bits per heavy atom. The Labute approximate surface area is 168 Å². The number of carbonyl (C=O) groups is 2. The van der Waals surface area contributed by atoms with Crippen molar-refractivity contribution in [3.63, 3.8) is 0 Å². The van der Waals surface area contributed by atoms with Gasteiger partial charge in [0.15, 0.2) is 11.9 Å². The lowest BCUT2D eigenvalue weighted by molar-refractivity contribution is -0.140. The molecule has 1 amide bonds. The molecule has 1 aliphatic heterocycles. The number of hydrogen-bond acceptors (Lipinski definition) is 6. The van der Waals surface area contributed by atoms with Crippen molar-refractivity contribution >= 4 is 11.9 Å². The van der Waals surface area contributed by atoms with Crippen LogP contribution in [0.1, 0.15) is 34.2 Å². The molecular weight excluding hydrogens is 370 g/mol. The Morgan fingerprint density at radius 2 is 1.83 bits per heavy atom. The predicted molar refractivity (Wildman–Crippen MR) is 105 cm³/mol. The lowest BCUT2D eigenvalue weighted by atomic mass is 9.99. The van der Waals surface area contributed by atoms with Gasteiger partial charge in [-0.3, -0.25) is 4.79 Å². The lowest BCUT2D eigenvalue weighted by Crippen LogP contribution is -2.42. The van der Waals surface area contributed by atoms with Crippen LogP contribution in [-0.4, -0.2) is 39.6 Å². The summed E-state index contributed by atoms with van der Waals surface area (Å²) in [6, 6.07) is 14.7. The molecule has 1 unspecified atom stereocenters. The molecule has 0 N–H and O–H groups in total. The van der Waals surface area contributed by atoms with Gasteiger partial charge in [-0.15, -0.1) is 0 Å². The van der Waals surface area contributed by atoms with Gasteiger partial charge in [0.2, 0.25) is 0 Å². The van der Waals surface area contributed by atoms with Gasteiger partial charge in [0.1, 0.15) is 0 Å². The highest BCUT2D eigenvalue weighted by Crippen LogP contribution is 2.21. The minimum absolute atomic E-state index is 0.189. The van der Waals surface area contributed by atoms with Crippen molar-refractivity contribution in [1.29, 1.82) is 0 Å². The lowest BCUT2D eigenvalue weighted by Gasteiger charge is -2.30. The van der Waals surface area contributed by atoms with Crippen LogP contribution in [0.25, 0.3) is 11.5 Å². The third-order valence-electron chi connectivity index (χ3n) is 4.97. The van der Waals surface area contributed by atoms with Crippen LogP contribution in [0.2, 0.25) is 0 Å². The van der Waals surface area contributed by atoms with Crippen LogP contribution in [0.5, 0.6) is 0 Å². The number of carbonyl (C=O) groups excluding carboxylic acids is 2. The van der Waals surface area contributed by atoms with Crippen LogP contribution in [0, 0.1) is 6.92 Å². The first-order valence-electron chi connectivity index (χ1n) is 9.48. The van der Waals surface area contributed by atoms with E-state index >= 15 is 0 Å². The van der Waals surface area contributed by atoms with E-state index in [1.165, 1.54) is 5.56 Å².